The van der Waals surface area contributed by atoms with Gasteiger partial charge in [-0.1, -0.05) is 36.5 Å². The SMILES string of the molecule is CCN(CC)C(=O)CNC(=O)Cc1ccc(C(N)=S)cc1. The van der Waals surface area contributed by atoms with Crippen LogP contribution in [0.3, 0.4) is 0 Å². The third-order valence-corrected chi connectivity index (χ3v) is 3.39. The molecule has 21 heavy (non-hydrogen) atoms. The molecule has 0 aliphatic heterocycles. The fourth-order valence-electron chi connectivity index (χ4n) is 1.90. The molecule has 0 bridgehead atoms. The van der Waals surface area contributed by atoms with Crippen molar-refractivity contribution in [1.82, 2.24) is 10.2 Å². The number of nitrogens with two attached hydrogens (primary N) is 1. The van der Waals surface area contributed by atoms with Crippen LogP contribution in [0.2, 0.25) is 0 Å². The Balaban J connectivity index is 2.47. The Morgan fingerprint density at radius 3 is 2.24 bits per heavy atom. The topological polar surface area (TPSA) is 75.4 Å². The van der Waals surface area contributed by atoms with Crippen molar-refractivity contribution in [1.29, 1.82) is 0 Å². The maximum absolute atomic E-state index is 11.8. The molecule has 0 spiro atoms. The highest BCUT2D eigenvalue weighted by Gasteiger charge is 2.11. The van der Waals surface area contributed by atoms with Gasteiger partial charge in [-0.25, -0.2) is 0 Å². The molecule has 1 aromatic rings. The summed E-state index contributed by atoms with van der Waals surface area (Å²) in [5.41, 5.74) is 7.13. The summed E-state index contributed by atoms with van der Waals surface area (Å²) in [6, 6.07) is 7.18. The molecule has 0 unspecified atom stereocenters. The second-order valence-electron chi connectivity index (χ2n) is 4.58. The summed E-state index contributed by atoms with van der Waals surface area (Å²) >= 11 is 4.87. The summed E-state index contributed by atoms with van der Waals surface area (Å²) in [5, 5.41) is 2.64. The molecule has 5 nitrogen and oxygen atoms in total. The summed E-state index contributed by atoms with van der Waals surface area (Å²) < 4.78 is 0. The third-order valence-electron chi connectivity index (χ3n) is 3.16. The first-order valence-corrected chi connectivity index (χ1v) is 7.32. The van der Waals surface area contributed by atoms with Crippen LogP contribution in [0.25, 0.3) is 0 Å². The number of hydrogen-bond donors (Lipinski definition) is 2. The molecule has 0 aromatic heterocycles. The van der Waals surface area contributed by atoms with Crippen molar-refractivity contribution < 1.29 is 9.59 Å². The summed E-state index contributed by atoms with van der Waals surface area (Å²) in [4.78, 5) is 25.6. The van der Waals surface area contributed by atoms with Crippen molar-refractivity contribution in [2.45, 2.75) is 20.3 Å². The van der Waals surface area contributed by atoms with E-state index in [1.54, 1.807) is 29.2 Å². The Kier molecular flexibility index (Phi) is 6.81. The highest BCUT2D eigenvalue weighted by atomic mass is 32.1. The van der Waals surface area contributed by atoms with Gasteiger partial charge in [0.05, 0.1) is 13.0 Å². The number of benzene rings is 1. The lowest BCUT2D eigenvalue weighted by atomic mass is 10.1. The van der Waals surface area contributed by atoms with Gasteiger partial charge in [-0.15, -0.1) is 0 Å². The number of nitrogens with zero attached hydrogens (tertiary/aromatic N) is 1. The normalized spacial score (nSPS) is 10.0. The zero-order valence-electron chi connectivity index (χ0n) is 12.4. The quantitative estimate of drug-likeness (QED) is 0.732. The van der Waals surface area contributed by atoms with Crippen LogP contribution >= 0.6 is 12.2 Å². The van der Waals surface area contributed by atoms with E-state index in [4.69, 9.17) is 18.0 Å². The Hall–Kier alpha value is -1.95. The molecular formula is C15H21N3O2S. The van der Waals surface area contributed by atoms with E-state index in [0.29, 0.717) is 18.1 Å². The summed E-state index contributed by atoms with van der Waals surface area (Å²) in [7, 11) is 0. The van der Waals surface area contributed by atoms with Crippen LogP contribution in [0.4, 0.5) is 0 Å². The molecule has 0 saturated heterocycles. The lowest BCUT2D eigenvalue weighted by Gasteiger charge is -2.18. The molecule has 0 atom stereocenters. The Labute approximate surface area is 130 Å². The van der Waals surface area contributed by atoms with Crippen LogP contribution in [0.1, 0.15) is 25.0 Å². The Morgan fingerprint density at radius 1 is 1.19 bits per heavy atom. The number of rotatable bonds is 7. The zero-order valence-corrected chi connectivity index (χ0v) is 13.2. The minimum atomic E-state index is -0.182. The fraction of sp³-hybridized carbons (Fsp3) is 0.400. The molecule has 0 aliphatic carbocycles. The van der Waals surface area contributed by atoms with Crippen LogP contribution in [-0.2, 0) is 16.0 Å². The Morgan fingerprint density at radius 2 is 1.76 bits per heavy atom. The molecule has 1 rings (SSSR count). The second-order valence-corrected chi connectivity index (χ2v) is 5.02. The van der Waals surface area contributed by atoms with Crippen molar-refractivity contribution in [2.75, 3.05) is 19.6 Å². The number of amides is 2. The first-order chi connectivity index (χ1) is 9.97. The van der Waals surface area contributed by atoms with Gasteiger partial charge in [0.25, 0.3) is 0 Å². The predicted octanol–water partition coefficient (Wildman–Crippen LogP) is 0.848. The average molecular weight is 307 g/mol. The van der Waals surface area contributed by atoms with Gasteiger partial charge in [0.2, 0.25) is 11.8 Å². The first-order valence-electron chi connectivity index (χ1n) is 6.91. The van der Waals surface area contributed by atoms with E-state index in [2.05, 4.69) is 5.32 Å². The van der Waals surface area contributed by atoms with Crippen LogP contribution in [0.15, 0.2) is 24.3 Å². The van der Waals surface area contributed by atoms with Crippen LogP contribution in [0.5, 0.6) is 0 Å². The lowest BCUT2D eigenvalue weighted by molar-refractivity contribution is -0.132. The number of hydrogen-bond acceptors (Lipinski definition) is 3. The molecular weight excluding hydrogens is 286 g/mol. The van der Waals surface area contributed by atoms with Gasteiger partial charge in [0, 0.05) is 18.7 Å². The van der Waals surface area contributed by atoms with Gasteiger partial charge in [-0.05, 0) is 19.4 Å². The number of nitrogens with one attached hydrogen (secondary N) is 1. The summed E-state index contributed by atoms with van der Waals surface area (Å²) in [5.74, 6) is -0.254. The van der Waals surface area contributed by atoms with E-state index in [-0.39, 0.29) is 24.8 Å². The molecule has 6 heteroatoms. The van der Waals surface area contributed by atoms with Crippen molar-refractivity contribution in [3.63, 3.8) is 0 Å². The molecule has 1 aromatic carbocycles. The molecule has 0 saturated carbocycles. The molecule has 3 N–H and O–H groups in total. The van der Waals surface area contributed by atoms with E-state index >= 15 is 0 Å². The zero-order chi connectivity index (χ0) is 15.8. The van der Waals surface area contributed by atoms with E-state index < -0.39 is 0 Å². The number of carbonyl (C=O) groups excluding carboxylic acids is 2. The third kappa shape index (κ3) is 5.51. The van der Waals surface area contributed by atoms with Gasteiger partial charge in [0.1, 0.15) is 4.99 Å². The highest BCUT2D eigenvalue weighted by molar-refractivity contribution is 7.80. The van der Waals surface area contributed by atoms with Crippen molar-refractivity contribution in [3.05, 3.63) is 35.4 Å². The van der Waals surface area contributed by atoms with Crippen molar-refractivity contribution in [2.24, 2.45) is 5.73 Å². The fourth-order valence-corrected chi connectivity index (χ4v) is 2.03. The van der Waals surface area contributed by atoms with Gasteiger partial charge >= 0.3 is 0 Å². The molecule has 2 amide bonds. The predicted molar refractivity (Wildman–Crippen MR) is 87.0 cm³/mol. The maximum Gasteiger partial charge on any atom is 0.241 e. The standard InChI is InChI=1S/C15H21N3O2S/c1-3-18(4-2)14(20)10-17-13(19)9-11-5-7-12(8-6-11)15(16)21/h5-8H,3-4,9-10H2,1-2H3,(H2,16,21)(H,17,19). The van der Waals surface area contributed by atoms with E-state index in [9.17, 15) is 9.59 Å². The van der Waals surface area contributed by atoms with E-state index in [1.165, 1.54) is 0 Å². The van der Waals surface area contributed by atoms with Crippen molar-refractivity contribution >= 4 is 29.0 Å². The van der Waals surface area contributed by atoms with Gasteiger partial charge < -0.3 is 16.0 Å². The van der Waals surface area contributed by atoms with E-state index in [0.717, 1.165) is 11.1 Å². The second kappa shape index (κ2) is 8.36. The van der Waals surface area contributed by atoms with E-state index in [1.807, 2.05) is 13.8 Å². The number of likely N-dealkylation sites (N-methyl/N-ethyl adjacent to an activating group) is 1. The molecule has 114 valence electrons. The van der Waals surface area contributed by atoms with Crippen LogP contribution in [-0.4, -0.2) is 41.3 Å². The number of carbonyl (C=O) groups is 2. The lowest BCUT2D eigenvalue weighted by Crippen LogP contribution is -2.40. The Bertz CT molecular complexity index is 510. The minimum absolute atomic E-state index is 0.0332. The van der Waals surface area contributed by atoms with Gasteiger partial charge in [-0.2, -0.15) is 0 Å². The largest absolute Gasteiger partial charge is 0.389 e. The minimum Gasteiger partial charge on any atom is -0.389 e. The van der Waals surface area contributed by atoms with Crippen LogP contribution < -0.4 is 11.1 Å². The first kappa shape index (κ1) is 17.1. The molecule has 0 aliphatic rings. The highest BCUT2D eigenvalue weighted by Crippen LogP contribution is 2.05. The molecule has 0 heterocycles. The van der Waals surface area contributed by atoms with Crippen LogP contribution in [0, 0.1) is 0 Å². The summed E-state index contributed by atoms with van der Waals surface area (Å²) in [6.07, 6.45) is 0.225. The maximum atomic E-state index is 11.8. The molecule has 0 radical (unpaired) electrons. The van der Waals surface area contributed by atoms with Gasteiger partial charge in [0.15, 0.2) is 0 Å². The summed E-state index contributed by atoms with van der Waals surface area (Å²) in [6.45, 7) is 5.14. The molecule has 0 fully saturated rings. The van der Waals surface area contributed by atoms with Gasteiger partial charge in [-0.3, -0.25) is 9.59 Å². The smallest absolute Gasteiger partial charge is 0.241 e. The monoisotopic (exact) mass is 307 g/mol. The number of thiocarbonyl (C=S) groups is 1. The van der Waals surface area contributed by atoms with Crippen molar-refractivity contribution in [3.8, 4) is 0 Å². The average Bonchev–Trinajstić information content (AvgIpc) is 2.47.